The van der Waals surface area contributed by atoms with Crippen molar-refractivity contribution in [2.45, 2.75) is 13.5 Å². The average Bonchev–Trinajstić information content (AvgIpc) is 2.41. The van der Waals surface area contributed by atoms with Crippen LogP contribution in [0.5, 0.6) is 0 Å². The van der Waals surface area contributed by atoms with E-state index >= 15 is 0 Å². The van der Waals surface area contributed by atoms with Gasteiger partial charge in [-0.15, -0.1) is 0 Å². The topological polar surface area (TPSA) is 29.3 Å². The molecule has 19 heavy (non-hydrogen) atoms. The number of aryl methyl sites for hydroxylation is 1. The van der Waals surface area contributed by atoms with Crippen LogP contribution in [-0.2, 0) is 6.54 Å². The van der Waals surface area contributed by atoms with Crippen molar-refractivity contribution in [2.24, 2.45) is 5.73 Å². The third kappa shape index (κ3) is 2.44. The molecule has 0 atom stereocenters. The van der Waals surface area contributed by atoms with Crippen LogP contribution in [0.1, 0.15) is 11.1 Å². The number of halogens is 2. The number of nitrogens with zero attached hydrogens (tertiary/aromatic N) is 1. The van der Waals surface area contributed by atoms with Crippen LogP contribution in [0.2, 0.25) is 0 Å². The zero-order valence-electron chi connectivity index (χ0n) is 11.0. The first kappa shape index (κ1) is 13.5. The van der Waals surface area contributed by atoms with Crippen molar-refractivity contribution in [1.82, 2.24) is 0 Å². The van der Waals surface area contributed by atoms with E-state index in [1.165, 1.54) is 6.07 Å². The molecule has 0 aliphatic rings. The second-order valence-electron chi connectivity index (χ2n) is 4.42. The van der Waals surface area contributed by atoms with Crippen molar-refractivity contribution >= 4 is 11.4 Å². The summed E-state index contributed by atoms with van der Waals surface area (Å²) < 4.78 is 27.8. The molecule has 100 valence electrons. The minimum atomic E-state index is -0.875. The minimum Gasteiger partial charge on any atom is -0.342 e. The molecule has 2 N–H and O–H groups in total. The van der Waals surface area contributed by atoms with Gasteiger partial charge in [-0.05, 0) is 24.6 Å². The lowest BCUT2D eigenvalue weighted by Gasteiger charge is -2.22. The lowest BCUT2D eigenvalue weighted by molar-refractivity contribution is 0.500. The Morgan fingerprint density at radius 2 is 1.68 bits per heavy atom. The van der Waals surface area contributed by atoms with Gasteiger partial charge >= 0.3 is 0 Å². The quantitative estimate of drug-likeness (QED) is 0.917. The van der Waals surface area contributed by atoms with Gasteiger partial charge in [-0.25, -0.2) is 8.78 Å². The van der Waals surface area contributed by atoms with E-state index in [-0.39, 0.29) is 17.8 Å². The highest BCUT2D eigenvalue weighted by atomic mass is 19.2. The molecule has 0 amide bonds. The second kappa shape index (κ2) is 5.36. The second-order valence-corrected chi connectivity index (χ2v) is 4.42. The Kier molecular flexibility index (Phi) is 3.81. The summed E-state index contributed by atoms with van der Waals surface area (Å²) in [7, 11) is 1.71. The summed E-state index contributed by atoms with van der Waals surface area (Å²) in [5, 5.41) is 0. The summed E-state index contributed by atoms with van der Waals surface area (Å²) in [6.07, 6.45) is 0. The zero-order chi connectivity index (χ0) is 14.0. The Labute approximate surface area is 111 Å². The molecule has 0 radical (unpaired) electrons. The van der Waals surface area contributed by atoms with Crippen molar-refractivity contribution in [3.8, 4) is 0 Å². The third-order valence-corrected chi connectivity index (χ3v) is 3.20. The third-order valence-electron chi connectivity index (χ3n) is 3.20. The van der Waals surface area contributed by atoms with Crippen molar-refractivity contribution < 1.29 is 8.78 Å². The monoisotopic (exact) mass is 262 g/mol. The lowest BCUT2D eigenvalue weighted by atomic mass is 10.1. The van der Waals surface area contributed by atoms with E-state index in [1.807, 2.05) is 31.2 Å². The molecule has 4 heteroatoms. The van der Waals surface area contributed by atoms with Gasteiger partial charge in [0.05, 0.1) is 5.69 Å². The van der Waals surface area contributed by atoms with Gasteiger partial charge in [0, 0.05) is 24.8 Å². The number of benzene rings is 2. The van der Waals surface area contributed by atoms with Crippen LogP contribution in [0, 0.1) is 18.6 Å². The number of para-hydroxylation sites is 1. The molecule has 2 nitrogen and oxygen atoms in total. The number of rotatable bonds is 3. The number of hydrogen-bond acceptors (Lipinski definition) is 2. The van der Waals surface area contributed by atoms with Crippen LogP contribution in [0.25, 0.3) is 0 Å². The molecule has 2 aromatic rings. The van der Waals surface area contributed by atoms with Gasteiger partial charge in [-0.3, -0.25) is 0 Å². The average molecular weight is 262 g/mol. The molecule has 0 heterocycles. The van der Waals surface area contributed by atoms with Crippen LogP contribution in [0.15, 0.2) is 36.4 Å². The van der Waals surface area contributed by atoms with Gasteiger partial charge in [0.1, 0.15) is 0 Å². The summed E-state index contributed by atoms with van der Waals surface area (Å²) in [4.78, 5) is 1.63. The van der Waals surface area contributed by atoms with Gasteiger partial charge < -0.3 is 10.6 Å². The van der Waals surface area contributed by atoms with Crippen molar-refractivity contribution in [3.05, 3.63) is 59.2 Å². The van der Waals surface area contributed by atoms with E-state index in [0.29, 0.717) is 0 Å². The van der Waals surface area contributed by atoms with Crippen LogP contribution in [0.3, 0.4) is 0 Å². The largest absolute Gasteiger partial charge is 0.342 e. The summed E-state index contributed by atoms with van der Waals surface area (Å²) in [5.41, 5.74) is 7.57. The summed E-state index contributed by atoms with van der Waals surface area (Å²) >= 11 is 0. The van der Waals surface area contributed by atoms with Gasteiger partial charge in [-0.2, -0.15) is 0 Å². The molecule has 2 rings (SSSR count). The van der Waals surface area contributed by atoms with Crippen molar-refractivity contribution in [1.29, 1.82) is 0 Å². The Hall–Kier alpha value is -1.94. The first-order chi connectivity index (χ1) is 9.06. The Bertz CT molecular complexity index is 597. The van der Waals surface area contributed by atoms with Crippen LogP contribution < -0.4 is 10.6 Å². The SMILES string of the molecule is Cc1ccccc1N(C)c1ccc(CN)c(F)c1F. The lowest BCUT2D eigenvalue weighted by Crippen LogP contribution is -2.14. The summed E-state index contributed by atoms with van der Waals surface area (Å²) in [6.45, 7) is 1.91. The first-order valence-electron chi connectivity index (χ1n) is 6.02. The Morgan fingerprint density at radius 1 is 1.00 bits per heavy atom. The van der Waals surface area contributed by atoms with E-state index < -0.39 is 11.6 Å². The van der Waals surface area contributed by atoms with Crippen molar-refractivity contribution in [2.75, 3.05) is 11.9 Å². The highest BCUT2D eigenvalue weighted by molar-refractivity contribution is 5.66. The molecule has 0 saturated carbocycles. The predicted octanol–water partition coefficient (Wildman–Crippen LogP) is 3.50. The minimum absolute atomic E-state index is 0.0168. The van der Waals surface area contributed by atoms with Gasteiger partial charge in [-0.1, -0.05) is 24.3 Å². The number of nitrogens with two attached hydrogens (primary N) is 1. The maximum atomic E-state index is 14.0. The number of hydrogen-bond donors (Lipinski definition) is 1. The Morgan fingerprint density at radius 3 is 2.32 bits per heavy atom. The van der Waals surface area contributed by atoms with Crippen molar-refractivity contribution in [3.63, 3.8) is 0 Å². The number of anilines is 2. The molecular formula is C15H16F2N2. The van der Waals surface area contributed by atoms with Gasteiger partial charge in [0.2, 0.25) is 0 Å². The Balaban J connectivity index is 2.48. The normalized spacial score (nSPS) is 10.6. The van der Waals surface area contributed by atoms with E-state index in [9.17, 15) is 8.78 Å². The smallest absolute Gasteiger partial charge is 0.182 e. The van der Waals surface area contributed by atoms with Gasteiger partial charge in [0.15, 0.2) is 11.6 Å². The highest BCUT2D eigenvalue weighted by Crippen LogP contribution is 2.30. The fraction of sp³-hybridized carbons (Fsp3) is 0.200. The van der Waals surface area contributed by atoms with Crippen LogP contribution >= 0.6 is 0 Å². The molecule has 0 bridgehead atoms. The maximum Gasteiger partial charge on any atom is 0.182 e. The van der Waals surface area contributed by atoms with Crippen LogP contribution in [-0.4, -0.2) is 7.05 Å². The highest BCUT2D eigenvalue weighted by Gasteiger charge is 2.17. The van der Waals surface area contributed by atoms with E-state index in [1.54, 1.807) is 18.0 Å². The summed E-state index contributed by atoms with van der Waals surface area (Å²) in [6, 6.07) is 10.6. The molecule has 0 aromatic heterocycles. The molecule has 2 aromatic carbocycles. The maximum absolute atomic E-state index is 14.0. The predicted molar refractivity (Wildman–Crippen MR) is 73.5 cm³/mol. The molecule has 0 aliphatic heterocycles. The van der Waals surface area contributed by atoms with Crippen LogP contribution in [0.4, 0.5) is 20.2 Å². The zero-order valence-corrected chi connectivity index (χ0v) is 11.0. The van der Waals surface area contributed by atoms with Gasteiger partial charge in [0.25, 0.3) is 0 Å². The standard InChI is InChI=1S/C15H16F2N2/c1-10-5-3-4-6-12(10)19(2)13-8-7-11(9-18)14(16)15(13)17/h3-8H,9,18H2,1-2H3. The fourth-order valence-electron chi connectivity index (χ4n) is 2.07. The molecule has 0 aliphatic carbocycles. The van der Waals surface area contributed by atoms with E-state index in [0.717, 1.165) is 11.3 Å². The summed E-state index contributed by atoms with van der Waals surface area (Å²) in [5.74, 6) is -1.74. The molecular weight excluding hydrogens is 246 g/mol. The molecule has 0 unspecified atom stereocenters. The molecule has 0 spiro atoms. The van der Waals surface area contributed by atoms with E-state index in [2.05, 4.69) is 0 Å². The van der Waals surface area contributed by atoms with E-state index in [4.69, 9.17) is 5.73 Å². The fourth-order valence-corrected chi connectivity index (χ4v) is 2.07. The molecule has 0 fully saturated rings. The first-order valence-corrected chi connectivity index (χ1v) is 6.02. The molecule has 0 saturated heterocycles.